The van der Waals surface area contributed by atoms with E-state index in [4.69, 9.17) is 39.3 Å². The molecule has 6 heteroatoms. The van der Waals surface area contributed by atoms with E-state index >= 15 is 0 Å². The lowest BCUT2D eigenvalue weighted by Gasteiger charge is -2.23. The van der Waals surface area contributed by atoms with Crippen LogP contribution < -0.4 is 0 Å². The van der Waals surface area contributed by atoms with Crippen molar-refractivity contribution in [2.75, 3.05) is 12.8 Å². The number of alkyl halides is 3. The summed E-state index contributed by atoms with van der Waals surface area (Å²) in [5.74, 6) is 0. The average molecular weight is 253 g/mol. The second-order valence-electron chi connectivity index (χ2n) is 2.28. The first-order chi connectivity index (χ1) is 5.37. The minimum absolute atomic E-state index is 0.297. The van der Waals surface area contributed by atoms with E-state index in [-0.39, 0.29) is 0 Å². The van der Waals surface area contributed by atoms with Gasteiger partial charge in [0.2, 0.25) is 0 Å². The van der Waals surface area contributed by atoms with Gasteiger partial charge in [0.15, 0.2) is 0 Å². The summed E-state index contributed by atoms with van der Waals surface area (Å²) in [7, 11) is -3.11. The Morgan fingerprint density at radius 1 is 1.33 bits per heavy atom. The predicted octanol–water partition coefficient (Wildman–Crippen LogP) is 4.04. The van der Waals surface area contributed by atoms with E-state index in [0.29, 0.717) is 19.2 Å². The third-order valence-corrected chi connectivity index (χ3v) is 6.04. The zero-order valence-corrected chi connectivity index (χ0v) is 10.2. The van der Waals surface area contributed by atoms with E-state index in [0.717, 1.165) is 0 Å². The van der Waals surface area contributed by atoms with E-state index in [9.17, 15) is 4.57 Å². The van der Waals surface area contributed by atoms with Gasteiger partial charge in [0.25, 0.3) is 10.9 Å². The maximum atomic E-state index is 11.8. The van der Waals surface area contributed by atoms with Crippen molar-refractivity contribution in [1.82, 2.24) is 0 Å². The Morgan fingerprint density at radius 3 is 2.08 bits per heavy atom. The van der Waals surface area contributed by atoms with Gasteiger partial charge >= 0.3 is 0 Å². The standard InChI is InChI=1S/C6H12Cl3O2P/c1-3-5-12(10,11-4-2)6(7,8)9/h3-5H2,1-2H3. The molecule has 0 aliphatic carbocycles. The van der Waals surface area contributed by atoms with Gasteiger partial charge in [-0.05, 0) is 13.3 Å². The smallest absolute Gasteiger partial charge is 0.266 e. The Hall–Kier alpha value is 1.06. The molecule has 0 rings (SSSR count). The fourth-order valence-corrected chi connectivity index (χ4v) is 3.50. The van der Waals surface area contributed by atoms with Crippen molar-refractivity contribution in [3.05, 3.63) is 0 Å². The van der Waals surface area contributed by atoms with Gasteiger partial charge in [-0.25, -0.2) is 0 Å². The van der Waals surface area contributed by atoms with Gasteiger partial charge in [-0.1, -0.05) is 41.7 Å². The third-order valence-electron chi connectivity index (χ3n) is 1.24. The predicted molar refractivity (Wildman–Crippen MR) is 54.7 cm³/mol. The van der Waals surface area contributed by atoms with Gasteiger partial charge in [-0.3, -0.25) is 4.57 Å². The van der Waals surface area contributed by atoms with Gasteiger partial charge in [-0.15, -0.1) is 0 Å². The maximum absolute atomic E-state index is 11.8. The molecular weight excluding hydrogens is 241 g/mol. The highest BCUT2D eigenvalue weighted by Crippen LogP contribution is 2.65. The number of rotatable bonds is 4. The lowest BCUT2D eigenvalue weighted by atomic mass is 10.6. The molecule has 0 aliphatic rings. The summed E-state index contributed by atoms with van der Waals surface area (Å²) < 4.78 is 15.0. The van der Waals surface area contributed by atoms with Crippen LogP contribution in [-0.2, 0) is 9.09 Å². The van der Waals surface area contributed by atoms with E-state index in [1.165, 1.54) is 0 Å². The number of hydrogen-bond acceptors (Lipinski definition) is 2. The molecule has 0 aromatic carbocycles. The lowest BCUT2D eigenvalue weighted by Crippen LogP contribution is -2.10. The van der Waals surface area contributed by atoms with E-state index in [1.54, 1.807) is 6.92 Å². The molecule has 0 heterocycles. The summed E-state index contributed by atoms with van der Waals surface area (Å²) in [4.78, 5) is 0. The van der Waals surface area contributed by atoms with Crippen LogP contribution in [0.5, 0.6) is 0 Å². The van der Waals surface area contributed by atoms with Gasteiger partial charge in [0.05, 0.1) is 6.61 Å². The minimum atomic E-state index is -3.11. The summed E-state index contributed by atoms with van der Waals surface area (Å²) in [5, 5.41) is 0. The fourth-order valence-electron chi connectivity index (χ4n) is 0.767. The van der Waals surface area contributed by atoms with Gasteiger partial charge in [0.1, 0.15) is 0 Å². The molecule has 0 N–H and O–H groups in total. The van der Waals surface area contributed by atoms with Gasteiger partial charge in [-0.2, -0.15) is 0 Å². The molecule has 0 saturated carbocycles. The maximum Gasteiger partial charge on any atom is 0.266 e. The second kappa shape index (κ2) is 5.07. The zero-order chi connectivity index (χ0) is 9.83. The number of hydrogen-bond donors (Lipinski definition) is 0. The second-order valence-corrected chi connectivity index (χ2v) is 8.08. The monoisotopic (exact) mass is 252 g/mol. The molecule has 0 aliphatic heterocycles. The first-order valence-electron chi connectivity index (χ1n) is 3.67. The molecular formula is C6H12Cl3O2P. The van der Waals surface area contributed by atoms with Crippen LogP contribution in [0, 0.1) is 0 Å². The van der Waals surface area contributed by atoms with Crippen LogP contribution in [0.1, 0.15) is 20.3 Å². The van der Waals surface area contributed by atoms with Crippen molar-refractivity contribution in [2.24, 2.45) is 0 Å². The van der Waals surface area contributed by atoms with Crippen LogP contribution in [0.3, 0.4) is 0 Å². The van der Waals surface area contributed by atoms with Crippen LogP contribution in [0.2, 0.25) is 0 Å². The third kappa shape index (κ3) is 3.43. The largest absolute Gasteiger partial charge is 0.326 e. The van der Waals surface area contributed by atoms with Crippen molar-refractivity contribution in [3.63, 3.8) is 0 Å². The molecule has 0 aromatic heterocycles. The highest BCUT2D eigenvalue weighted by atomic mass is 35.6. The molecule has 0 aromatic rings. The first kappa shape index (κ1) is 13.1. The van der Waals surface area contributed by atoms with Crippen molar-refractivity contribution in [1.29, 1.82) is 0 Å². The summed E-state index contributed by atoms with van der Waals surface area (Å²) in [6.07, 6.45) is 0.975. The molecule has 0 radical (unpaired) electrons. The molecule has 1 unspecified atom stereocenters. The van der Waals surface area contributed by atoms with E-state index in [1.807, 2.05) is 6.92 Å². The highest BCUT2D eigenvalue weighted by molar-refractivity contribution is 7.67. The highest BCUT2D eigenvalue weighted by Gasteiger charge is 2.44. The molecule has 0 spiro atoms. The molecule has 1 atom stereocenters. The van der Waals surface area contributed by atoms with E-state index < -0.39 is 10.9 Å². The van der Waals surface area contributed by atoms with Gasteiger partial charge < -0.3 is 4.52 Å². The summed E-state index contributed by atoms with van der Waals surface area (Å²) >= 11 is 16.6. The number of halogens is 3. The van der Waals surface area contributed by atoms with Crippen LogP contribution in [0.25, 0.3) is 0 Å². The normalized spacial score (nSPS) is 17.4. The van der Waals surface area contributed by atoms with Crippen LogP contribution in [0.4, 0.5) is 0 Å². The SMILES string of the molecule is CCCP(=O)(OCC)C(Cl)(Cl)Cl. The molecule has 0 amide bonds. The van der Waals surface area contributed by atoms with Crippen molar-refractivity contribution >= 4 is 42.2 Å². The Balaban J connectivity index is 4.51. The topological polar surface area (TPSA) is 26.3 Å². The first-order valence-corrected chi connectivity index (χ1v) is 6.62. The van der Waals surface area contributed by atoms with Crippen molar-refractivity contribution < 1.29 is 9.09 Å². The average Bonchev–Trinajstić information content (AvgIpc) is 1.86. The van der Waals surface area contributed by atoms with E-state index in [2.05, 4.69) is 0 Å². The Bertz CT molecular complexity index is 168. The van der Waals surface area contributed by atoms with Crippen molar-refractivity contribution in [3.8, 4) is 0 Å². The lowest BCUT2D eigenvalue weighted by molar-refractivity contribution is 0.332. The summed E-state index contributed by atoms with van der Waals surface area (Å²) in [5.41, 5.74) is 0. The minimum Gasteiger partial charge on any atom is -0.326 e. The molecule has 2 nitrogen and oxygen atoms in total. The molecule has 74 valence electrons. The Labute approximate surface area is 88.0 Å². The van der Waals surface area contributed by atoms with Crippen LogP contribution in [-0.4, -0.2) is 16.3 Å². The molecule has 12 heavy (non-hydrogen) atoms. The summed E-state index contributed by atoms with van der Waals surface area (Å²) in [6.45, 7) is 3.88. The Kier molecular flexibility index (Phi) is 5.52. The van der Waals surface area contributed by atoms with Crippen molar-refractivity contribution in [2.45, 2.75) is 23.8 Å². The van der Waals surface area contributed by atoms with Crippen LogP contribution in [0.15, 0.2) is 0 Å². The molecule has 0 saturated heterocycles. The molecule has 0 fully saturated rings. The van der Waals surface area contributed by atoms with Crippen LogP contribution >= 0.6 is 42.2 Å². The fraction of sp³-hybridized carbons (Fsp3) is 1.00. The van der Waals surface area contributed by atoms with Gasteiger partial charge in [0, 0.05) is 6.16 Å². The quantitative estimate of drug-likeness (QED) is 0.558. The molecule has 0 bridgehead atoms. The zero-order valence-electron chi connectivity index (χ0n) is 7.02. The summed E-state index contributed by atoms with van der Waals surface area (Å²) in [6, 6.07) is 0. The Morgan fingerprint density at radius 2 is 1.83 bits per heavy atom.